The molecule has 94 valence electrons. The van der Waals surface area contributed by atoms with Gasteiger partial charge in [-0.1, -0.05) is 6.08 Å². The Morgan fingerprint density at radius 1 is 1.35 bits per heavy atom. The van der Waals surface area contributed by atoms with Crippen molar-refractivity contribution in [2.24, 2.45) is 0 Å². The SMILES string of the molecule is CN1CCN(C(=O)C2=CCCC2)C(C)(C)C1=O. The van der Waals surface area contributed by atoms with E-state index in [1.165, 1.54) is 0 Å². The quantitative estimate of drug-likeness (QED) is 0.686. The van der Waals surface area contributed by atoms with Crippen LogP contribution in [0.3, 0.4) is 0 Å². The molecule has 1 aliphatic carbocycles. The van der Waals surface area contributed by atoms with Crippen LogP contribution in [0.1, 0.15) is 33.1 Å². The second-order valence-corrected chi connectivity index (χ2v) is 5.36. The van der Waals surface area contributed by atoms with E-state index in [4.69, 9.17) is 0 Å². The largest absolute Gasteiger partial charge is 0.342 e. The predicted octanol–water partition coefficient (Wildman–Crippen LogP) is 1.18. The van der Waals surface area contributed by atoms with E-state index in [-0.39, 0.29) is 11.8 Å². The Morgan fingerprint density at radius 3 is 2.65 bits per heavy atom. The molecule has 2 amide bonds. The highest BCUT2D eigenvalue weighted by atomic mass is 16.2. The third-order valence-corrected chi connectivity index (χ3v) is 3.76. The van der Waals surface area contributed by atoms with Crippen molar-refractivity contribution in [1.82, 2.24) is 9.80 Å². The van der Waals surface area contributed by atoms with Gasteiger partial charge in [-0.3, -0.25) is 9.59 Å². The highest BCUT2D eigenvalue weighted by molar-refractivity contribution is 5.99. The van der Waals surface area contributed by atoms with Gasteiger partial charge in [0.2, 0.25) is 11.8 Å². The molecule has 4 heteroatoms. The second-order valence-electron chi connectivity index (χ2n) is 5.36. The topological polar surface area (TPSA) is 40.6 Å². The summed E-state index contributed by atoms with van der Waals surface area (Å²) in [7, 11) is 1.79. The van der Waals surface area contributed by atoms with Gasteiger partial charge >= 0.3 is 0 Å². The van der Waals surface area contributed by atoms with Gasteiger partial charge in [0.1, 0.15) is 5.54 Å². The molecular weight excluding hydrogens is 216 g/mol. The van der Waals surface area contributed by atoms with Gasteiger partial charge in [0.25, 0.3) is 0 Å². The van der Waals surface area contributed by atoms with E-state index in [9.17, 15) is 9.59 Å². The molecule has 0 bridgehead atoms. The van der Waals surface area contributed by atoms with E-state index in [2.05, 4.69) is 0 Å². The first kappa shape index (κ1) is 12.1. The minimum atomic E-state index is -0.715. The van der Waals surface area contributed by atoms with Crippen LogP contribution in [-0.2, 0) is 9.59 Å². The molecular formula is C13H20N2O2. The van der Waals surface area contributed by atoms with Crippen LogP contribution < -0.4 is 0 Å². The summed E-state index contributed by atoms with van der Waals surface area (Å²) in [6.45, 7) is 4.92. The fourth-order valence-electron chi connectivity index (χ4n) is 2.61. The lowest BCUT2D eigenvalue weighted by Gasteiger charge is -2.44. The molecule has 0 spiro atoms. The summed E-state index contributed by atoms with van der Waals surface area (Å²) >= 11 is 0. The fraction of sp³-hybridized carbons (Fsp3) is 0.692. The molecule has 1 aliphatic heterocycles. The van der Waals surface area contributed by atoms with E-state index in [0.29, 0.717) is 13.1 Å². The summed E-state index contributed by atoms with van der Waals surface area (Å²) in [5.74, 6) is 0.0737. The number of rotatable bonds is 1. The summed E-state index contributed by atoms with van der Waals surface area (Å²) in [5.41, 5.74) is 0.170. The normalized spacial score (nSPS) is 23.9. The molecule has 2 rings (SSSR count). The zero-order chi connectivity index (χ0) is 12.6. The number of carbonyl (C=O) groups is 2. The van der Waals surface area contributed by atoms with Crippen LogP contribution in [0.15, 0.2) is 11.6 Å². The van der Waals surface area contributed by atoms with Crippen LogP contribution in [0, 0.1) is 0 Å². The van der Waals surface area contributed by atoms with Crippen molar-refractivity contribution in [2.75, 3.05) is 20.1 Å². The first-order chi connectivity index (χ1) is 7.94. The maximum absolute atomic E-state index is 12.4. The standard InChI is InChI=1S/C13H20N2O2/c1-13(2)12(17)14(3)8-9-15(13)11(16)10-6-4-5-7-10/h6H,4-5,7-9H2,1-3H3. The summed E-state index contributed by atoms with van der Waals surface area (Å²) in [6, 6.07) is 0. The van der Waals surface area contributed by atoms with Gasteiger partial charge in [0.15, 0.2) is 0 Å². The van der Waals surface area contributed by atoms with E-state index >= 15 is 0 Å². The first-order valence-corrected chi connectivity index (χ1v) is 6.21. The second kappa shape index (κ2) is 4.17. The Labute approximate surface area is 102 Å². The van der Waals surface area contributed by atoms with Crippen LogP contribution >= 0.6 is 0 Å². The molecule has 1 fully saturated rings. The monoisotopic (exact) mass is 236 g/mol. The molecule has 0 aromatic heterocycles. The van der Waals surface area contributed by atoms with Crippen LogP contribution in [0.4, 0.5) is 0 Å². The van der Waals surface area contributed by atoms with Crippen molar-refractivity contribution in [3.8, 4) is 0 Å². The summed E-state index contributed by atoms with van der Waals surface area (Å²) in [5, 5.41) is 0. The molecule has 1 saturated heterocycles. The first-order valence-electron chi connectivity index (χ1n) is 6.21. The lowest BCUT2D eigenvalue weighted by atomic mass is 9.96. The van der Waals surface area contributed by atoms with Crippen molar-refractivity contribution in [1.29, 1.82) is 0 Å². The van der Waals surface area contributed by atoms with Gasteiger partial charge in [0.05, 0.1) is 0 Å². The fourth-order valence-corrected chi connectivity index (χ4v) is 2.61. The molecule has 0 atom stereocenters. The molecule has 4 nitrogen and oxygen atoms in total. The maximum atomic E-state index is 12.4. The maximum Gasteiger partial charge on any atom is 0.250 e. The van der Waals surface area contributed by atoms with E-state index in [0.717, 1.165) is 24.8 Å². The summed E-state index contributed by atoms with van der Waals surface area (Å²) < 4.78 is 0. The third kappa shape index (κ3) is 1.96. The number of piperazine rings is 1. The highest BCUT2D eigenvalue weighted by Gasteiger charge is 2.43. The van der Waals surface area contributed by atoms with Gasteiger partial charge in [-0.2, -0.15) is 0 Å². The van der Waals surface area contributed by atoms with Crippen molar-refractivity contribution in [3.63, 3.8) is 0 Å². The molecule has 0 radical (unpaired) electrons. The van der Waals surface area contributed by atoms with Gasteiger partial charge in [-0.05, 0) is 33.1 Å². The average molecular weight is 236 g/mol. The van der Waals surface area contributed by atoms with Crippen LogP contribution in [0.25, 0.3) is 0 Å². The molecule has 0 N–H and O–H groups in total. The average Bonchev–Trinajstić information content (AvgIpc) is 2.79. The zero-order valence-electron chi connectivity index (χ0n) is 10.8. The molecule has 0 unspecified atom stereocenters. The zero-order valence-corrected chi connectivity index (χ0v) is 10.8. The van der Waals surface area contributed by atoms with Crippen molar-refractivity contribution < 1.29 is 9.59 Å². The van der Waals surface area contributed by atoms with E-state index < -0.39 is 5.54 Å². The van der Waals surface area contributed by atoms with Crippen molar-refractivity contribution >= 4 is 11.8 Å². The van der Waals surface area contributed by atoms with E-state index in [1.807, 2.05) is 19.9 Å². The van der Waals surface area contributed by atoms with Gasteiger partial charge < -0.3 is 9.80 Å². The molecule has 0 aromatic carbocycles. The van der Waals surface area contributed by atoms with Crippen molar-refractivity contribution in [3.05, 3.63) is 11.6 Å². The van der Waals surface area contributed by atoms with E-state index in [1.54, 1.807) is 16.8 Å². The number of hydrogen-bond acceptors (Lipinski definition) is 2. The lowest BCUT2D eigenvalue weighted by molar-refractivity contribution is -0.155. The van der Waals surface area contributed by atoms with Gasteiger partial charge in [0, 0.05) is 25.7 Å². The van der Waals surface area contributed by atoms with Crippen molar-refractivity contribution in [2.45, 2.75) is 38.6 Å². The third-order valence-electron chi connectivity index (χ3n) is 3.76. The Hall–Kier alpha value is -1.32. The number of likely N-dealkylation sites (N-methyl/N-ethyl adjacent to an activating group) is 1. The highest BCUT2D eigenvalue weighted by Crippen LogP contribution is 2.27. The summed E-state index contributed by atoms with van der Waals surface area (Å²) in [6.07, 6.45) is 4.92. The van der Waals surface area contributed by atoms with Gasteiger partial charge in [-0.25, -0.2) is 0 Å². The molecule has 0 aromatic rings. The Bertz CT molecular complexity index is 385. The minimum absolute atomic E-state index is 0.0238. The Morgan fingerprint density at radius 2 is 2.06 bits per heavy atom. The molecule has 1 heterocycles. The lowest BCUT2D eigenvalue weighted by Crippen LogP contribution is -2.63. The summed E-state index contributed by atoms with van der Waals surface area (Å²) in [4.78, 5) is 27.9. The Kier molecular flexibility index (Phi) is 2.98. The number of hydrogen-bond donors (Lipinski definition) is 0. The van der Waals surface area contributed by atoms with Crippen LogP contribution in [-0.4, -0.2) is 47.3 Å². The molecule has 2 aliphatic rings. The smallest absolute Gasteiger partial charge is 0.250 e. The molecule has 0 saturated carbocycles. The Balaban J connectivity index is 2.20. The minimum Gasteiger partial charge on any atom is -0.342 e. The number of nitrogens with zero attached hydrogens (tertiary/aromatic N) is 2. The molecule has 17 heavy (non-hydrogen) atoms. The number of allylic oxidation sites excluding steroid dienone is 1. The van der Waals surface area contributed by atoms with Gasteiger partial charge in [-0.15, -0.1) is 0 Å². The predicted molar refractivity (Wildman–Crippen MR) is 65.4 cm³/mol. The van der Waals surface area contributed by atoms with Crippen LogP contribution in [0.2, 0.25) is 0 Å². The number of carbonyl (C=O) groups excluding carboxylic acids is 2. The number of amides is 2. The van der Waals surface area contributed by atoms with Crippen LogP contribution in [0.5, 0.6) is 0 Å².